The summed E-state index contributed by atoms with van der Waals surface area (Å²) in [5.74, 6) is 0. The molecule has 1 aliphatic rings. The molecule has 0 spiro atoms. The highest BCUT2D eigenvalue weighted by Gasteiger charge is 2.14. The van der Waals surface area contributed by atoms with E-state index in [4.69, 9.17) is 17.0 Å². The molecule has 4 heteroatoms. The van der Waals surface area contributed by atoms with Gasteiger partial charge in [0.2, 0.25) is 0 Å². The third-order valence-electron chi connectivity index (χ3n) is 2.43. The fourth-order valence-electron chi connectivity index (χ4n) is 1.69. The van der Waals surface area contributed by atoms with Crippen LogP contribution in [0.2, 0.25) is 0 Å². The Balaban J connectivity index is 2.25. The highest BCUT2D eigenvalue weighted by Crippen LogP contribution is 2.08. The number of rotatable bonds is 3. The van der Waals surface area contributed by atoms with E-state index in [2.05, 4.69) is 17.1 Å². The van der Waals surface area contributed by atoms with E-state index in [1.54, 1.807) is 7.11 Å². The second kappa shape index (κ2) is 6.19. The summed E-state index contributed by atoms with van der Waals surface area (Å²) in [5.41, 5.74) is 0. The van der Waals surface area contributed by atoms with Crippen LogP contribution in [0.15, 0.2) is 0 Å². The van der Waals surface area contributed by atoms with Crippen molar-refractivity contribution in [1.29, 1.82) is 0 Å². The molecule has 1 N–H and O–H groups in total. The Labute approximate surface area is 91.8 Å². The maximum absolute atomic E-state index is 5.32. The number of methoxy groups -OCH3 is 1. The highest BCUT2D eigenvalue weighted by molar-refractivity contribution is 7.80. The third-order valence-corrected chi connectivity index (χ3v) is 2.81. The van der Waals surface area contributed by atoms with Gasteiger partial charge in [0.25, 0.3) is 0 Å². The number of ether oxygens (including phenoxy) is 1. The lowest BCUT2D eigenvalue weighted by molar-refractivity contribution is 0.177. The molecular weight excluding hydrogens is 196 g/mol. The molecule has 1 fully saturated rings. The molecule has 0 radical (unpaired) electrons. The van der Waals surface area contributed by atoms with E-state index in [1.165, 1.54) is 19.3 Å². The molecule has 1 aliphatic heterocycles. The number of likely N-dealkylation sites (tertiary alicyclic amines) is 1. The lowest BCUT2D eigenvalue weighted by atomic mass is 10.1. The van der Waals surface area contributed by atoms with Gasteiger partial charge in [0, 0.05) is 26.2 Å². The number of nitrogens with zero attached hydrogens (tertiary/aromatic N) is 1. The Morgan fingerprint density at radius 1 is 1.43 bits per heavy atom. The van der Waals surface area contributed by atoms with Crippen LogP contribution in [0.1, 0.15) is 26.2 Å². The zero-order valence-corrected chi connectivity index (χ0v) is 9.90. The van der Waals surface area contributed by atoms with Crippen LogP contribution in [-0.4, -0.2) is 42.9 Å². The predicted molar refractivity (Wildman–Crippen MR) is 62.5 cm³/mol. The van der Waals surface area contributed by atoms with Crippen LogP contribution in [-0.2, 0) is 4.74 Å². The van der Waals surface area contributed by atoms with Crippen LogP contribution in [0.4, 0.5) is 0 Å². The summed E-state index contributed by atoms with van der Waals surface area (Å²) in [4.78, 5) is 2.25. The van der Waals surface area contributed by atoms with Gasteiger partial charge >= 0.3 is 0 Å². The average molecular weight is 216 g/mol. The Morgan fingerprint density at radius 3 is 2.64 bits per heavy atom. The Bertz CT molecular complexity index is 181. The van der Waals surface area contributed by atoms with Crippen molar-refractivity contribution in [3.63, 3.8) is 0 Å². The minimum absolute atomic E-state index is 0.300. The van der Waals surface area contributed by atoms with Gasteiger partial charge in [-0.25, -0.2) is 0 Å². The van der Waals surface area contributed by atoms with Crippen LogP contribution in [0.3, 0.4) is 0 Å². The Hall–Kier alpha value is -0.350. The molecule has 1 heterocycles. The summed E-state index contributed by atoms with van der Waals surface area (Å²) in [6.07, 6.45) is 3.87. The topological polar surface area (TPSA) is 24.5 Å². The first-order valence-electron chi connectivity index (χ1n) is 5.28. The number of nitrogens with one attached hydrogen (secondary N) is 1. The lowest BCUT2D eigenvalue weighted by Gasteiger charge is -2.30. The van der Waals surface area contributed by atoms with E-state index in [0.29, 0.717) is 12.6 Å². The van der Waals surface area contributed by atoms with Gasteiger partial charge in [0.05, 0.1) is 6.61 Å². The molecule has 1 saturated heterocycles. The molecule has 0 aromatic carbocycles. The second-order valence-corrected chi connectivity index (χ2v) is 4.24. The van der Waals surface area contributed by atoms with E-state index in [0.717, 1.165) is 18.2 Å². The van der Waals surface area contributed by atoms with E-state index >= 15 is 0 Å². The van der Waals surface area contributed by atoms with Gasteiger partial charge in [0.1, 0.15) is 0 Å². The minimum atomic E-state index is 0.300. The van der Waals surface area contributed by atoms with Crippen molar-refractivity contribution in [3.05, 3.63) is 0 Å². The number of thiocarbonyl (C=S) groups is 1. The Morgan fingerprint density at radius 2 is 2.07 bits per heavy atom. The van der Waals surface area contributed by atoms with E-state index in [9.17, 15) is 0 Å². The van der Waals surface area contributed by atoms with Crippen LogP contribution >= 0.6 is 12.2 Å². The van der Waals surface area contributed by atoms with E-state index in [-0.39, 0.29) is 0 Å². The van der Waals surface area contributed by atoms with Crippen molar-refractivity contribution in [1.82, 2.24) is 10.2 Å². The molecule has 1 rings (SSSR count). The molecular formula is C10H20N2OS. The quantitative estimate of drug-likeness (QED) is 0.720. The summed E-state index contributed by atoms with van der Waals surface area (Å²) in [6, 6.07) is 0.300. The first-order chi connectivity index (χ1) is 6.74. The fraction of sp³-hybridized carbons (Fsp3) is 0.900. The summed E-state index contributed by atoms with van der Waals surface area (Å²) < 4.78 is 5.05. The molecule has 0 aliphatic carbocycles. The molecule has 3 nitrogen and oxygen atoms in total. The average Bonchev–Trinajstić information content (AvgIpc) is 2.19. The van der Waals surface area contributed by atoms with Gasteiger partial charge < -0.3 is 15.0 Å². The second-order valence-electron chi connectivity index (χ2n) is 3.85. The van der Waals surface area contributed by atoms with Crippen LogP contribution in [0, 0.1) is 0 Å². The molecule has 0 saturated carbocycles. The van der Waals surface area contributed by atoms with Crippen LogP contribution < -0.4 is 5.32 Å². The van der Waals surface area contributed by atoms with Crippen molar-refractivity contribution >= 4 is 17.3 Å². The zero-order valence-electron chi connectivity index (χ0n) is 9.08. The van der Waals surface area contributed by atoms with Crippen molar-refractivity contribution in [2.75, 3.05) is 26.8 Å². The van der Waals surface area contributed by atoms with Crippen molar-refractivity contribution < 1.29 is 4.74 Å². The molecule has 0 bridgehead atoms. The maximum Gasteiger partial charge on any atom is 0.169 e. The smallest absolute Gasteiger partial charge is 0.169 e. The summed E-state index contributed by atoms with van der Waals surface area (Å²) >= 11 is 5.32. The van der Waals surface area contributed by atoms with Gasteiger partial charge in [-0.2, -0.15) is 0 Å². The van der Waals surface area contributed by atoms with Crippen molar-refractivity contribution in [3.8, 4) is 0 Å². The Kier molecular flexibility index (Phi) is 5.19. The fourth-order valence-corrected chi connectivity index (χ4v) is 2.07. The van der Waals surface area contributed by atoms with Crippen molar-refractivity contribution in [2.24, 2.45) is 0 Å². The minimum Gasteiger partial charge on any atom is -0.383 e. The standard InChI is InChI=1S/C10H20N2OS/c1-9(8-13-2)11-10(14)12-6-4-3-5-7-12/h9H,3-8H2,1-2H3,(H,11,14). The summed E-state index contributed by atoms with van der Waals surface area (Å²) in [5, 5.41) is 4.17. The van der Waals surface area contributed by atoms with Gasteiger partial charge in [-0.15, -0.1) is 0 Å². The van der Waals surface area contributed by atoms with Gasteiger partial charge in [-0.05, 0) is 38.4 Å². The van der Waals surface area contributed by atoms with Gasteiger partial charge in [-0.3, -0.25) is 0 Å². The maximum atomic E-state index is 5.32. The van der Waals surface area contributed by atoms with E-state index in [1.807, 2.05) is 0 Å². The third kappa shape index (κ3) is 3.80. The normalized spacial score (nSPS) is 19.1. The molecule has 82 valence electrons. The molecule has 0 aromatic rings. The number of hydrogen-bond acceptors (Lipinski definition) is 2. The van der Waals surface area contributed by atoms with E-state index < -0.39 is 0 Å². The first-order valence-corrected chi connectivity index (χ1v) is 5.69. The van der Waals surface area contributed by atoms with Gasteiger partial charge in [-0.1, -0.05) is 0 Å². The number of piperidine rings is 1. The summed E-state index contributed by atoms with van der Waals surface area (Å²) in [7, 11) is 1.71. The summed E-state index contributed by atoms with van der Waals surface area (Å²) in [6.45, 7) is 4.99. The largest absolute Gasteiger partial charge is 0.383 e. The van der Waals surface area contributed by atoms with Crippen molar-refractivity contribution in [2.45, 2.75) is 32.2 Å². The zero-order chi connectivity index (χ0) is 10.4. The first kappa shape index (κ1) is 11.7. The molecule has 1 unspecified atom stereocenters. The predicted octanol–water partition coefficient (Wildman–Crippen LogP) is 1.38. The molecule has 1 atom stereocenters. The number of hydrogen-bond donors (Lipinski definition) is 1. The lowest BCUT2D eigenvalue weighted by Crippen LogP contribution is -2.46. The SMILES string of the molecule is COCC(C)NC(=S)N1CCCCC1. The highest BCUT2D eigenvalue weighted by atomic mass is 32.1. The molecule has 0 aromatic heterocycles. The monoisotopic (exact) mass is 216 g/mol. The van der Waals surface area contributed by atoms with Gasteiger partial charge in [0.15, 0.2) is 5.11 Å². The van der Waals surface area contributed by atoms with Crippen LogP contribution in [0.5, 0.6) is 0 Å². The van der Waals surface area contributed by atoms with Crippen LogP contribution in [0.25, 0.3) is 0 Å². The molecule has 14 heavy (non-hydrogen) atoms. The molecule has 0 amide bonds.